The third kappa shape index (κ3) is 7.36. The number of aryl methyl sites for hydroxylation is 1. The molecule has 0 saturated carbocycles. The van der Waals surface area contributed by atoms with Gasteiger partial charge in [0.15, 0.2) is 0 Å². The van der Waals surface area contributed by atoms with E-state index in [1.165, 1.54) is 16.5 Å². The Balaban J connectivity index is 0.000000216. The fourth-order valence-corrected chi connectivity index (χ4v) is 8.19. The van der Waals surface area contributed by atoms with Crippen molar-refractivity contribution < 1.29 is 35.8 Å². The van der Waals surface area contributed by atoms with Gasteiger partial charge in [-0.15, -0.1) is 18.2 Å². The maximum absolute atomic E-state index is 13.4. The van der Waals surface area contributed by atoms with E-state index >= 15 is 0 Å². The number of rotatable bonds is 5. The summed E-state index contributed by atoms with van der Waals surface area (Å²) in [5.74, 6) is 4.87. The zero-order valence-corrected chi connectivity index (χ0v) is 30.4. The van der Waals surface area contributed by atoms with Crippen molar-refractivity contribution in [2.24, 2.45) is 0 Å². The molecule has 0 spiro atoms. The van der Waals surface area contributed by atoms with Gasteiger partial charge in [0.2, 0.25) is 11.7 Å². The van der Waals surface area contributed by atoms with Gasteiger partial charge >= 0.3 is 131 Å². The Hall–Kier alpha value is -3.19. The first-order valence-corrected chi connectivity index (χ1v) is 21.5. The second-order valence-corrected chi connectivity index (χ2v) is 22.5. The second kappa shape index (κ2) is 13.8. The molecule has 4 nitrogen and oxygen atoms in total. The average molecular weight is 830 g/mol. The first kappa shape index (κ1) is 27.1. The number of hydrogen-bond acceptors (Lipinski definition) is 4. The summed E-state index contributed by atoms with van der Waals surface area (Å²) in [6.07, 6.45) is 3.58. The monoisotopic (exact) mass is 831 g/mol. The van der Waals surface area contributed by atoms with Crippen LogP contribution in [0.15, 0.2) is 77.5 Å². The summed E-state index contributed by atoms with van der Waals surface area (Å²) in [5, 5.41) is 1.59. The molecular formula is C37H38FGeIrN3O-2. The number of pyridine rings is 3. The SMILES string of the molecule is [2H]C(C)(C)c1ccnc(-c2[c-]ccc3c2oc2nc(F)ccc23)c1.[2H]C([2H])([2H])c1c[c-]c(-c2cc(C([2H])(C)C)[c]([Ge]([CH3])([CH3])[CH3])cn2)cc1.[Ir]. The molecule has 7 heteroatoms. The molecule has 1 radical (unpaired) electrons. The molecular weight excluding hydrogens is 786 g/mol. The van der Waals surface area contributed by atoms with E-state index in [0.717, 1.165) is 33.2 Å². The fourth-order valence-electron chi connectivity index (χ4n) is 4.87. The summed E-state index contributed by atoms with van der Waals surface area (Å²) in [5.41, 5.74) is 5.77. The van der Waals surface area contributed by atoms with Crippen LogP contribution in [0, 0.1) is 24.9 Å². The molecule has 0 aliphatic heterocycles. The predicted molar refractivity (Wildman–Crippen MR) is 178 cm³/mol. The first-order valence-electron chi connectivity index (χ1n) is 16.6. The van der Waals surface area contributed by atoms with Gasteiger partial charge in [0.1, 0.15) is 0 Å². The van der Waals surface area contributed by atoms with Crippen molar-refractivity contribution in [1.82, 2.24) is 15.0 Å². The van der Waals surface area contributed by atoms with E-state index in [-0.39, 0.29) is 31.4 Å². The Morgan fingerprint density at radius 1 is 0.909 bits per heavy atom. The van der Waals surface area contributed by atoms with Crippen LogP contribution in [0.2, 0.25) is 17.3 Å². The van der Waals surface area contributed by atoms with E-state index in [1.54, 1.807) is 30.5 Å². The number of nitrogens with zero attached hydrogens (tertiary/aromatic N) is 3. The van der Waals surface area contributed by atoms with Gasteiger partial charge in [0.05, 0.1) is 5.58 Å². The third-order valence-electron chi connectivity index (χ3n) is 7.20. The Kier molecular flexibility index (Phi) is 8.54. The van der Waals surface area contributed by atoms with Gasteiger partial charge in [-0.1, -0.05) is 36.4 Å². The molecule has 0 aliphatic carbocycles. The first-order chi connectivity index (χ1) is 22.2. The molecule has 0 fully saturated rings. The average Bonchev–Trinajstić information content (AvgIpc) is 3.37. The largest absolute Gasteiger partial charge is 0 e. The van der Waals surface area contributed by atoms with Crippen LogP contribution >= 0.6 is 0 Å². The van der Waals surface area contributed by atoms with Gasteiger partial charge < -0.3 is 9.40 Å². The van der Waals surface area contributed by atoms with Crippen LogP contribution in [0.25, 0.3) is 44.6 Å². The normalized spacial score (nSPS) is 14.0. The number of aromatic nitrogens is 3. The molecule has 229 valence electrons. The molecule has 0 aliphatic rings. The predicted octanol–water partition coefficient (Wildman–Crippen LogP) is 9.63. The summed E-state index contributed by atoms with van der Waals surface area (Å²) < 4.78 is 59.4. The summed E-state index contributed by atoms with van der Waals surface area (Å²) in [6.45, 7) is 5.31. The molecule has 0 N–H and O–H groups in total. The Morgan fingerprint density at radius 3 is 2.36 bits per heavy atom. The maximum atomic E-state index is 13.4. The number of fused-ring (bicyclic) bond motifs is 3. The molecule has 0 saturated heterocycles. The van der Waals surface area contributed by atoms with Gasteiger partial charge in [0.25, 0.3) is 0 Å². The van der Waals surface area contributed by atoms with Gasteiger partial charge in [-0.05, 0) is 29.8 Å². The van der Waals surface area contributed by atoms with E-state index in [4.69, 9.17) is 11.3 Å². The van der Waals surface area contributed by atoms with E-state index in [9.17, 15) is 4.39 Å². The standard InChI is InChI=1S/C19H14FN2O.C18H24GeN.Ir/c1-11(2)12-8-9-21-16(10-12)15-5-3-4-13-14-6-7-17(20)22-19(14)23-18(13)15;1-13(2)16-11-18(15-9-7-14(3)8-10-15)20-12-17(16)19(4,5)6;/h3-4,6-11H,1-2H3;7-9,11-13H,1-6H3;/q2*-1;/i11D;3D3,13D;. The minimum Gasteiger partial charge on any atom is 0 e. The van der Waals surface area contributed by atoms with Crippen LogP contribution in [-0.4, -0.2) is 28.2 Å². The van der Waals surface area contributed by atoms with Gasteiger partial charge in [-0.2, -0.15) is 9.37 Å². The minimum atomic E-state index is -2.14. The van der Waals surface area contributed by atoms with Crippen molar-refractivity contribution in [3.8, 4) is 22.5 Å². The van der Waals surface area contributed by atoms with Gasteiger partial charge in [-0.25, -0.2) is 0 Å². The van der Waals surface area contributed by atoms with E-state index in [0.29, 0.717) is 16.8 Å². The molecule has 44 heavy (non-hydrogen) atoms. The number of halogens is 1. The zero-order valence-electron chi connectivity index (χ0n) is 30.9. The summed E-state index contributed by atoms with van der Waals surface area (Å²) in [7, 11) is 0. The van der Waals surface area contributed by atoms with Crippen LogP contribution < -0.4 is 4.40 Å². The molecule has 0 bridgehead atoms. The molecule has 0 atom stereocenters. The molecule has 6 rings (SSSR count). The molecule has 4 aromatic heterocycles. The van der Waals surface area contributed by atoms with Crippen LogP contribution in [0.4, 0.5) is 4.39 Å². The van der Waals surface area contributed by atoms with Crippen molar-refractivity contribution >= 4 is 39.7 Å². The van der Waals surface area contributed by atoms with E-state index in [2.05, 4.69) is 44.4 Å². The fraction of sp³-hybridized carbons (Fsp3) is 0.270. The molecule has 4 heterocycles. The molecule has 0 amide bonds. The second-order valence-electron chi connectivity index (χ2n) is 12.0. The van der Waals surface area contributed by atoms with E-state index in [1.807, 2.05) is 58.2 Å². The number of hydrogen-bond donors (Lipinski definition) is 0. The Bertz CT molecular complexity index is 2100. The molecule has 6 aromatic rings. The third-order valence-corrected chi connectivity index (χ3v) is 11.4. The van der Waals surface area contributed by atoms with Crippen LogP contribution in [0.3, 0.4) is 0 Å². The van der Waals surface area contributed by atoms with Crippen molar-refractivity contribution in [2.45, 2.75) is 63.6 Å². The number of benzene rings is 2. The summed E-state index contributed by atoms with van der Waals surface area (Å²) in [6, 6.07) is 23.3. The number of furan rings is 1. The van der Waals surface area contributed by atoms with Crippen molar-refractivity contribution in [3.05, 3.63) is 108 Å². The minimum absolute atomic E-state index is 0. The van der Waals surface area contributed by atoms with Crippen molar-refractivity contribution in [2.75, 3.05) is 0 Å². The van der Waals surface area contributed by atoms with Crippen molar-refractivity contribution in [3.63, 3.8) is 0 Å². The van der Waals surface area contributed by atoms with Crippen molar-refractivity contribution in [1.29, 1.82) is 0 Å². The zero-order chi connectivity index (χ0) is 35.2. The summed E-state index contributed by atoms with van der Waals surface area (Å²) in [4.78, 5) is 12.8. The topological polar surface area (TPSA) is 51.8 Å². The Morgan fingerprint density at radius 2 is 1.70 bits per heavy atom. The maximum Gasteiger partial charge on any atom is 0 e. The molecule has 0 unspecified atom stereocenters. The summed E-state index contributed by atoms with van der Waals surface area (Å²) >= 11 is -2.14. The molecule has 2 aromatic carbocycles. The van der Waals surface area contributed by atoms with Gasteiger partial charge in [0, 0.05) is 33.1 Å². The van der Waals surface area contributed by atoms with Gasteiger partial charge in [-0.3, -0.25) is 0 Å². The Labute approximate surface area is 283 Å². The quantitative estimate of drug-likeness (QED) is 0.0988. The van der Waals surface area contributed by atoms with E-state index < -0.39 is 37.9 Å². The van der Waals surface area contributed by atoms with Crippen LogP contribution in [0.1, 0.15) is 63.0 Å². The van der Waals surface area contributed by atoms with Crippen LogP contribution in [-0.2, 0) is 20.1 Å². The smallest absolute Gasteiger partial charge is 0 e. The van der Waals surface area contributed by atoms with Crippen LogP contribution in [0.5, 0.6) is 0 Å².